The number of benzene rings is 2. The van der Waals surface area contributed by atoms with Gasteiger partial charge < -0.3 is 15.5 Å². The summed E-state index contributed by atoms with van der Waals surface area (Å²) in [5, 5.41) is 19.6. The topological polar surface area (TPSA) is 89.9 Å². The van der Waals surface area contributed by atoms with Gasteiger partial charge in [-0.05, 0) is 29.7 Å². The number of aliphatic carboxylic acids is 2. The first-order valence-electron chi connectivity index (χ1n) is 8.75. The molecular weight excluding hydrogens is 403 g/mol. The van der Waals surface area contributed by atoms with Crippen molar-refractivity contribution in [2.45, 2.75) is 25.6 Å². The number of nitrogens with one attached hydrogen (secondary N) is 1. The van der Waals surface area contributed by atoms with E-state index in [1.807, 2.05) is 18.2 Å². The summed E-state index contributed by atoms with van der Waals surface area (Å²) in [5.41, 5.74) is 2.56. The van der Waals surface area contributed by atoms with Crippen molar-refractivity contribution in [3.05, 3.63) is 69.7 Å². The van der Waals surface area contributed by atoms with Crippen molar-refractivity contribution in [2.24, 2.45) is 0 Å². The molecule has 6 nitrogen and oxygen atoms in total. The van der Waals surface area contributed by atoms with Crippen molar-refractivity contribution in [3.63, 3.8) is 0 Å². The number of carbonyl (C=O) groups is 2. The van der Waals surface area contributed by atoms with Gasteiger partial charge in [0.15, 0.2) is 0 Å². The normalized spacial score (nSPS) is 16.3. The summed E-state index contributed by atoms with van der Waals surface area (Å²) in [7, 11) is 0. The Morgan fingerprint density at radius 3 is 2.29 bits per heavy atom. The van der Waals surface area contributed by atoms with Gasteiger partial charge in [0.25, 0.3) is 0 Å². The van der Waals surface area contributed by atoms with Gasteiger partial charge in [-0.2, -0.15) is 0 Å². The molecule has 1 aliphatic rings. The maximum Gasteiger partial charge on any atom is 0.414 e. The molecule has 0 aliphatic carbocycles. The fourth-order valence-corrected chi connectivity index (χ4v) is 3.22. The predicted octanol–water partition coefficient (Wildman–Crippen LogP) is 3.51. The van der Waals surface area contributed by atoms with Gasteiger partial charge in [-0.25, -0.2) is 9.59 Å². The molecule has 28 heavy (non-hydrogen) atoms. The quantitative estimate of drug-likeness (QED) is 0.636. The summed E-state index contributed by atoms with van der Waals surface area (Å²) in [6, 6.07) is 17.0. The van der Waals surface area contributed by atoms with E-state index in [1.165, 1.54) is 17.5 Å². The fraction of sp³-hybridized carbons (Fsp3) is 0.300. The third kappa shape index (κ3) is 7.48. The molecule has 1 aliphatic heterocycles. The number of hydrogen-bond acceptors (Lipinski definition) is 4. The zero-order valence-corrected chi connectivity index (χ0v) is 16.7. The molecule has 2 aromatic rings. The van der Waals surface area contributed by atoms with E-state index in [0.717, 1.165) is 26.2 Å². The summed E-state index contributed by atoms with van der Waals surface area (Å²) in [5.74, 6) is -3.65. The van der Waals surface area contributed by atoms with E-state index in [-0.39, 0.29) is 0 Å². The standard InChI is InChI=1S/C18H20Cl2N2.C2H2O4/c19-17-7-6-15(10-18(17)20)11-21-16-8-9-22(13-16)12-14-4-2-1-3-5-14;3-1(4)2(5)6/h1-7,10,16,21H,8-9,11-13H2;(H,3,4)(H,5,6). The molecule has 0 spiro atoms. The number of likely N-dealkylation sites (tertiary alicyclic amines) is 1. The average molecular weight is 425 g/mol. The molecule has 1 fully saturated rings. The van der Waals surface area contributed by atoms with Crippen LogP contribution in [0.2, 0.25) is 10.0 Å². The van der Waals surface area contributed by atoms with Crippen molar-refractivity contribution in [2.75, 3.05) is 13.1 Å². The molecule has 0 bridgehead atoms. The molecule has 0 radical (unpaired) electrons. The van der Waals surface area contributed by atoms with Crippen LogP contribution in [0.1, 0.15) is 17.5 Å². The van der Waals surface area contributed by atoms with Crippen molar-refractivity contribution in [1.29, 1.82) is 0 Å². The molecule has 3 N–H and O–H groups in total. The monoisotopic (exact) mass is 424 g/mol. The lowest BCUT2D eigenvalue weighted by atomic mass is 10.2. The molecule has 0 saturated carbocycles. The van der Waals surface area contributed by atoms with Crippen LogP contribution < -0.4 is 5.32 Å². The minimum Gasteiger partial charge on any atom is -0.473 e. The van der Waals surface area contributed by atoms with Gasteiger partial charge >= 0.3 is 11.9 Å². The van der Waals surface area contributed by atoms with E-state index in [9.17, 15) is 0 Å². The first-order valence-corrected chi connectivity index (χ1v) is 9.50. The van der Waals surface area contributed by atoms with E-state index >= 15 is 0 Å². The average Bonchev–Trinajstić information content (AvgIpc) is 3.11. The molecule has 150 valence electrons. The summed E-state index contributed by atoms with van der Waals surface area (Å²) in [6.07, 6.45) is 1.19. The fourth-order valence-electron chi connectivity index (χ4n) is 2.90. The van der Waals surface area contributed by atoms with Crippen LogP contribution in [0.25, 0.3) is 0 Å². The smallest absolute Gasteiger partial charge is 0.414 e. The van der Waals surface area contributed by atoms with Gasteiger partial charge in [-0.3, -0.25) is 4.90 Å². The number of nitrogens with zero attached hydrogens (tertiary/aromatic N) is 1. The van der Waals surface area contributed by atoms with E-state index < -0.39 is 11.9 Å². The Bertz CT molecular complexity index is 790. The Morgan fingerprint density at radius 2 is 1.68 bits per heavy atom. The Kier molecular flexibility index (Phi) is 8.73. The molecule has 3 rings (SSSR count). The van der Waals surface area contributed by atoms with Crippen LogP contribution in [-0.4, -0.2) is 46.2 Å². The van der Waals surface area contributed by atoms with E-state index in [0.29, 0.717) is 16.1 Å². The van der Waals surface area contributed by atoms with Gasteiger partial charge in [0.1, 0.15) is 0 Å². The minimum absolute atomic E-state index is 0.540. The third-order valence-electron chi connectivity index (χ3n) is 4.28. The Morgan fingerprint density at radius 1 is 1.00 bits per heavy atom. The van der Waals surface area contributed by atoms with Crippen LogP contribution in [0.4, 0.5) is 0 Å². The molecule has 1 unspecified atom stereocenters. The first kappa shape index (κ1) is 22.2. The predicted molar refractivity (Wildman–Crippen MR) is 109 cm³/mol. The molecule has 1 atom stereocenters. The second-order valence-corrected chi connectivity index (χ2v) is 7.26. The summed E-state index contributed by atoms with van der Waals surface area (Å²) in [4.78, 5) is 20.7. The highest BCUT2D eigenvalue weighted by atomic mass is 35.5. The Hall–Kier alpha value is -2.12. The number of halogens is 2. The lowest BCUT2D eigenvalue weighted by Crippen LogP contribution is -2.31. The van der Waals surface area contributed by atoms with Gasteiger partial charge in [-0.1, -0.05) is 59.6 Å². The zero-order chi connectivity index (χ0) is 20.5. The van der Waals surface area contributed by atoms with Crippen LogP contribution in [0.3, 0.4) is 0 Å². The van der Waals surface area contributed by atoms with Crippen LogP contribution in [0, 0.1) is 0 Å². The highest BCUT2D eigenvalue weighted by Gasteiger charge is 2.21. The largest absolute Gasteiger partial charge is 0.473 e. The minimum atomic E-state index is -1.82. The number of rotatable bonds is 5. The SMILES string of the molecule is Clc1ccc(CNC2CCN(Cc3ccccc3)C2)cc1Cl.O=C(O)C(=O)O. The molecule has 8 heteroatoms. The summed E-state index contributed by atoms with van der Waals surface area (Å²) in [6.45, 7) is 4.11. The maximum atomic E-state index is 9.10. The van der Waals surface area contributed by atoms with E-state index in [4.69, 9.17) is 43.0 Å². The van der Waals surface area contributed by atoms with Gasteiger partial charge in [0.2, 0.25) is 0 Å². The molecule has 0 amide bonds. The Balaban J connectivity index is 0.000000409. The second kappa shape index (κ2) is 11.0. The lowest BCUT2D eigenvalue weighted by Gasteiger charge is -2.17. The van der Waals surface area contributed by atoms with Crippen LogP contribution in [0.15, 0.2) is 48.5 Å². The third-order valence-corrected chi connectivity index (χ3v) is 5.02. The molecule has 1 heterocycles. The Labute approximate surface area is 173 Å². The molecule has 1 saturated heterocycles. The van der Waals surface area contributed by atoms with Crippen LogP contribution in [-0.2, 0) is 22.7 Å². The van der Waals surface area contributed by atoms with Crippen molar-refractivity contribution in [3.8, 4) is 0 Å². The maximum absolute atomic E-state index is 9.10. The van der Waals surface area contributed by atoms with Crippen molar-refractivity contribution in [1.82, 2.24) is 10.2 Å². The van der Waals surface area contributed by atoms with E-state index in [2.05, 4.69) is 40.5 Å². The second-order valence-electron chi connectivity index (χ2n) is 6.45. The van der Waals surface area contributed by atoms with E-state index in [1.54, 1.807) is 0 Å². The number of carboxylic acids is 2. The van der Waals surface area contributed by atoms with Crippen LogP contribution in [0.5, 0.6) is 0 Å². The number of carboxylic acid groups (broad SMARTS) is 2. The molecule has 0 aromatic heterocycles. The van der Waals surface area contributed by atoms with Gasteiger partial charge in [0, 0.05) is 32.2 Å². The number of hydrogen-bond donors (Lipinski definition) is 3. The first-order chi connectivity index (χ1) is 13.3. The highest BCUT2D eigenvalue weighted by Crippen LogP contribution is 2.22. The van der Waals surface area contributed by atoms with Crippen molar-refractivity contribution >= 4 is 35.1 Å². The highest BCUT2D eigenvalue weighted by molar-refractivity contribution is 6.42. The van der Waals surface area contributed by atoms with Gasteiger partial charge in [0.05, 0.1) is 10.0 Å². The summed E-state index contributed by atoms with van der Waals surface area (Å²) >= 11 is 12.0. The lowest BCUT2D eigenvalue weighted by molar-refractivity contribution is -0.159. The van der Waals surface area contributed by atoms with Gasteiger partial charge in [-0.15, -0.1) is 0 Å². The molecular formula is C20H22Cl2N2O4. The zero-order valence-electron chi connectivity index (χ0n) is 15.1. The molecule has 2 aromatic carbocycles. The van der Waals surface area contributed by atoms with Crippen molar-refractivity contribution < 1.29 is 19.8 Å². The summed E-state index contributed by atoms with van der Waals surface area (Å²) < 4.78 is 0. The van der Waals surface area contributed by atoms with Crippen LogP contribution >= 0.6 is 23.2 Å².